The van der Waals surface area contributed by atoms with Gasteiger partial charge in [-0.1, -0.05) is 39.0 Å². The zero-order valence-corrected chi connectivity index (χ0v) is 13.2. The van der Waals surface area contributed by atoms with Crippen molar-refractivity contribution in [1.29, 1.82) is 0 Å². The van der Waals surface area contributed by atoms with Gasteiger partial charge in [-0.2, -0.15) is 13.2 Å². The van der Waals surface area contributed by atoms with Gasteiger partial charge in [0.15, 0.2) is 0 Å². The van der Waals surface area contributed by atoms with E-state index in [0.717, 1.165) is 6.07 Å². The summed E-state index contributed by atoms with van der Waals surface area (Å²) < 4.78 is 39.4. The van der Waals surface area contributed by atoms with Crippen LogP contribution in [0.1, 0.15) is 44.9 Å². The Morgan fingerprint density at radius 2 is 1.76 bits per heavy atom. The molecule has 2 nitrogen and oxygen atoms in total. The van der Waals surface area contributed by atoms with E-state index in [9.17, 15) is 13.2 Å². The zero-order valence-electron chi connectivity index (χ0n) is 13.2. The molecule has 1 rings (SSSR count). The number of rotatable bonds is 6. The number of hydrogen-bond donors (Lipinski definition) is 1. The third-order valence-corrected chi connectivity index (χ3v) is 3.85. The van der Waals surface area contributed by atoms with E-state index in [1.165, 1.54) is 6.07 Å². The molecule has 0 saturated heterocycles. The van der Waals surface area contributed by atoms with Crippen LogP contribution in [0, 0.1) is 5.41 Å². The topological polar surface area (TPSA) is 29.3 Å². The largest absolute Gasteiger partial charge is 0.416 e. The molecule has 0 aliphatic heterocycles. The smallest absolute Gasteiger partial charge is 0.330 e. The molecule has 1 atom stereocenters. The Morgan fingerprint density at radius 1 is 1.19 bits per heavy atom. The first kappa shape index (κ1) is 18.0. The van der Waals surface area contributed by atoms with Crippen LogP contribution in [0.3, 0.4) is 0 Å². The number of alkyl halides is 3. The highest BCUT2D eigenvalue weighted by molar-refractivity contribution is 5.32. The highest BCUT2D eigenvalue weighted by Crippen LogP contribution is 2.36. The van der Waals surface area contributed by atoms with Crippen LogP contribution in [0.4, 0.5) is 13.2 Å². The highest BCUT2D eigenvalue weighted by atomic mass is 19.4. The lowest BCUT2D eigenvalue weighted by Crippen LogP contribution is -2.40. The molecule has 1 unspecified atom stereocenters. The zero-order chi connectivity index (χ0) is 16.3. The molecule has 120 valence electrons. The number of hydrogen-bond acceptors (Lipinski definition) is 2. The second-order valence-electron chi connectivity index (χ2n) is 6.19. The van der Waals surface area contributed by atoms with Gasteiger partial charge in [0.25, 0.3) is 0 Å². The van der Waals surface area contributed by atoms with Gasteiger partial charge in [-0.05, 0) is 37.1 Å². The van der Waals surface area contributed by atoms with Gasteiger partial charge >= 0.3 is 6.18 Å². The van der Waals surface area contributed by atoms with Crippen molar-refractivity contribution in [3.05, 3.63) is 35.4 Å². The lowest BCUT2D eigenvalue weighted by atomic mass is 9.91. The van der Waals surface area contributed by atoms with Gasteiger partial charge in [-0.15, -0.1) is 0 Å². The molecule has 1 aromatic carbocycles. The van der Waals surface area contributed by atoms with Crippen molar-refractivity contribution in [2.24, 2.45) is 11.1 Å². The summed E-state index contributed by atoms with van der Waals surface area (Å²) in [7, 11) is 0. The Bertz CT molecular complexity index is 455. The van der Waals surface area contributed by atoms with Crippen molar-refractivity contribution in [2.45, 2.75) is 39.9 Å². The molecule has 0 amide bonds. The van der Waals surface area contributed by atoms with E-state index >= 15 is 0 Å². The molecule has 0 bridgehead atoms. The maximum Gasteiger partial charge on any atom is 0.416 e. The van der Waals surface area contributed by atoms with Gasteiger partial charge in [-0.3, -0.25) is 4.90 Å². The van der Waals surface area contributed by atoms with E-state index in [0.29, 0.717) is 25.2 Å². The molecule has 2 N–H and O–H groups in total. The van der Waals surface area contributed by atoms with Crippen LogP contribution < -0.4 is 5.73 Å². The van der Waals surface area contributed by atoms with E-state index in [-0.39, 0.29) is 11.5 Å². The van der Waals surface area contributed by atoms with Gasteiger partial charge in [0.2, 0.25) is 0 Å². The van der Waals surface area contributed by atoms with Gasteiger partial charge in [0, 0.05) is 12.6 Å². The van der Waals surface area contributed by atoms with Crippen LogP contribution >= 0.6 is 0 Å². The molecule has 0 aromatic heterocycles. The summed E-state index contributed by atoms with van der Waals surface area (Å²) in [6, 6.07) is 5.49. The third-order valence-electron chi connectivity index (χ3n) is 3.85. The first-order chi connectivity index (χ1) is 9.62. The number of halogens is 3. The summed E-state index contributed by atoms with van der Waals surface area (Å²) in [4.78, 5) is 2.04. The lowest BCUT2D eigenvalue weighted by Gasteiger charge is -2.36. The fourth-order valence-electron chi connectivity index (χ4n) is 2.45. The molecule has 0 fully saturated rings. The van der Waals surface area contributed by atoms with E-state index < -0.39 is 11.7 Å². The van der Waals surface area contributed by atoms with Crippen LogP contribution in [0.5, 0.6) is 0 Å². The minimum Gasteiger partial charge on any atom is -0.330 e. The summed E-state index contributed by atoms with van der Waals surface area (Å²) in [6.07, 6.45) is -4.33. The number of benzene rings is 1. The van der Waals surface area contributed by atoms with Crippen LogP contribution in [0.25, 0.3) is 0 Å². The van der Waals surface area contributed by atoms with Crippen LogP contribution in [-0.4, -0.2) is 24.5 Å². The Hall–Kier alpha value is -1.07. The van der Waals surface area contributed by atoms with E-state index in [4.69, 9.17) is 5.73 Å². The van der Waals surface area contributed by atoms with Gasteiger partial charge in [0.05, 0.1) is 5.56 Å². The predicted octanol–water partition coefficient (Wildman–Crippen LogP) is 4.07. The van der Waals surface area contributed by atoms with Crippen molar-refractivity contribution < 1.29 is 13.2 Å². The quantitative estimate of drug-likeness (QED) is 0.858. The molecular weight excluding hydrogens is 277 g/mol. The van der Waals surface area contributed by atoms with Gasteiger partial charge in [-0.25, -0.2) is 0 Å². The molecule has 1 aromatic rings. The Morgan fingerprint density at radius 3 is 2.24 bits per heavy atom. The molecule has 5 heteroatoms. The molecule has 0 heterocycles. The average molecular weight is 302 g/mol. The second kappa shape index (κ2) is 6.79. The van der Waals surface area contributed by atoms with Crippen molar-refractivity contribution in [1.82, 2.24) is 4.90 Å². The molecule has 21 heavy (non-hydrogen) atoms. The summed E-state index contributed by atoms with van der Waals surface area (Å²) in [5.74, 6) is 0. The van der Waals surface area contributed by atoms with E-state index in [2.05, 4.69) is 0 Å². The van der Waals surface area contributed by atoms with Crippen LogP contribution in [-0.2, 0) is 6.18 Å². The Labute approximate surface area is 125 Å². The maximum atomic E-state index is 13.1. The molecule has 0 spiro atoms. The molecule has 0 aliphatic rings. The van der Waals surface area contributed by atoms with Crippen molar-refractivity contribution in [2.75, 3.05) is 19.6 Å². The van der Waals surface area contributed by atoms with E-state index in [1.807, 2.05) is 32.6 Å². The molecule has 0 saturated carbocycles. The lowest BCUT2D eigenvalue weighted by molar-refractivity contribution is -0.138. The van der Waals surface area contributed by atoms with Crippen LogP contribution in [0.2, 0.25) is 0 Å². The van der Waals surface area contributed by atoms with Crippen LogP contribution in [0.15, 0.2) is 24.3 Å². The number of nitrogens with two attached hydrogens (primary N) is 1. The predicted molar refractivity (Wildman–Crippen MR) is 79.9 cm³/mol. The summed E-state index contributed by atoms with van der Waals surface area (Å²) in [5, 5.41) is 0. The molecular formula is C16H25F3N2. The summed E-state index contributed by atoms with van der Waals surface area (Å²) in [6.45, 7) is 9.66. The van der Waals surface area contributed by atoms with Gasteiger partial charge < -0.3 is 5.73 Å². The highest BCUT2D eigenvalue weighted by Gasteiger charge is 2.35. The first-order valence-electron chi connectivity index (χ1n) is 7.22. The van der Waals surface area contributed by atoms with Gasteiger partial charge in [0.1, 0.15) is 0 Å². The molecule has 0 radical (unpaired) electrons. The first-order valence-corrected chi connectivity index (χ1v) is 7.22. The normalized spacial score (nSPS) is 14.5. The Balaban J connectivity index is 3.09. The van der Waals surface area contributed by atoms with Crippen molar-refractivity contribution in [3.8, 4) is 0 Å². The fraction of sp³-hybridized carbons (Fsp3) is 0.625. The third kappa shape index (κ3) is 4.71. The van der Waals surface area contributed by atoms with Crippen molar-refractivity contribution >= 4 is 0 Å². The average Bonchev–Trinajstić information content (AvgIpc) is 2.43. The summed E-state index contributed by atoms with van der Waals surface area (Å²) in [5.41, 5.74) is 5.38. The summed E-state index contributed by atoms with van der Waals surface area (Å²) >= 11 is 0. The minimum absolute atomic E-state index is 0.128. The Kier molecular flexibility index (Phi) is 5.82. The fourth-order valence-corrected chi connectivity index (χ4v) is 2.45. The van der Waals surface area contributed by atoms with Crippen molar-refractivity contribution in [3.63, 3.8) is 0 Å². The maximum absolute atomic E-state index is 13.1. The molecule has 0 aliphatic carbocycles. The second-order valence-corrected chi connectivity index (χ2v) is 6.19. The SMILES string of the molecule is CCN(CC(C)(C)CN)C(C)c1ccccc1C(F)(F)F. The van der Waals surface area contributed by atoms with E-state index in [1.54, 1.807) is 12.1 Å². The monoisotopic (exact) mass is 302 g/mol. The minimum atomic E-state index is -4.33. The standard InChI is InChI=1S/C16H25F3N2/c1-5-21(11-15(3,4)10-20)12(2)13-8-6-7-9-14(13)16(17,18)19/h6-9,12H,5,10-11,20H2,1-4H3. The number of nitrogens with zero attached hydrogens (tertiary/aromatic N) is 1.